The first-order chi connectivity index (χ1) is 9.22. The lowest BCUT2D eigenvalue weighted by molar-refractivity contribution is -0.135. The molecule has 19 heavy (non-hydrogen) atoms. The molecule has 0 radical (unpaired) electrons. The number of hydrogen-bond donors (Lipinski definition) is 1. The molecule has 0 aliphatic rings. The lowest BCUT2D eigenvalue weighted by atomic mass is 10.2. The molecule has 7 heteroatoms. The van der Waals surface area contributed by atoms with E-state index in [2.05, 4.69) is 25.9 Å². The van der Waals surface area contributed by atoms with Gasteiger partial charge in [-0.05, 0) is 31.2 Å². The van der Waals surface area contributed by atoms with E-state index in [0.29, 0.717) is 17.9 Å². The summed E-state index contributed by atoms with van der Waals surface area (Å²) in [5, 5.41) is 16.1. The summed E-state index contributed by atoms with van der Waals surface area (Å²) in [7, 11) is 0. The van der Waals surface area contributed by atoms with Crippen molar-refractivity contribution in [1.82, 2.24) is 15.4 Å². The zero-order valence-corrected chi connectivity index (χ0v) is 10.6. The van der Waals surface area contributed by atoms with Crippen molar-refractivity contribution < 1.29 is 9.53 Å². The van der Waals surface area contributed by atoms with Crippen LogP contribution in [-0.2, 0) is 9.53 Å². The standard InChI is InChI=1S/C12H13N5O2/c1-3-19-12(18)8(2)13-15-11-9-6-4-5-7-10(9)14-17-16-11/h4-7H,3H2,1-2H3,(H,14,15,16)/b13-8-. The van der Waals surface area contributed by atoms with Gasteiger partial charge in [0.25, 0.3) is 0 Å². The third-order valence-electron chi connectivity index (χ3n) is 2.36. The predicted octanol–water partition coefficient (Wildman–Crippen LogP) is 1.38. The number of nitrogens with one attached hydrogen (secondary N) is 1. The van der Waals surface area contributed by atoms with Crippen molar-refractivity contribution in [1.29, 1.82) is 0 Å². The molecule has 1 heterocycles. The summed E-state index contributed by atoms with van der Waals surface area (Å²) in [4.78, 5) is 11.4. The molecule has 1 aromatic heterocycles. The van der Waals surface area contributed by atoms with E-state index in [0.717, 1.165) is 5.39 Å². The molecule has 0 aliphatic heterocycles. The van der Waals surface area contributed by atoms with Crippen molar-refractivity contribution in [3.63, 3.8) is 0 Å². The van der Waals surface area contributed by atoms with Gasteiger partial charge in [-0.25, -0.2) is 4.79 Å². The Bertz CT molecular complexity index is 621. The number of benzene rings is 1. The number of carbonyl (C=O) groups is 1. The first kappa shape index (κ1) is 12.9. The van der Waals surface area contributed by atoms with Crippen LogP contribution < -0.4 is 5.43 Å². The minimum Gasteiger partial charge on any atom is -0.461 e. The van der Waals surface area contributed by atoms with Crippen molar-refractivity contribution in [3.8, 4) is 0 Å². The van der Waals surface area contributed by atoms with Gasteiger partial charge in [0, 0.05) is 5.39 Å². The second-order valence-corrected chi connectivity index (χ2v) is 3.68. The van der Waals surface area contributed by atoms with Crippen LogP contribution in [0.2, 0.25) is 0 Å². The zero-order chi connectivity index (χ0) is 13.7. The lowest BCUT2D eigenvalue weighted by Gasteiger charge is -2.04. The number of hydrazone groups is 1. The van der Waals surface area contributed by atoms with Gasteiger partial charge in [-0.15, -0.1) is 10.2 Å². The van der Waals surface area contributed by atoms with Crippen LogP contribution in [0.15, 0.2) is 29.4 Å². The first-order valence-corrected chi connectivity index (χ1v) is 5.78. The number of aromatic nitrogens is 3. The molecule has 0 saturated carbocycles. The summed E-state index contributed by atoms with van der Waals surface area (Å²) < 4.78 is 4.82. The van der Waals surface area contributed by atoms with Gasteiger partial charge in [0.05, 0.1) is 12.1 Å². The highest BCUT2D eigenvalue weighted by molar-refractivity contribution is 6.35. The van der Waals surface area contributed by atoms with Gasteiger partial charge >= 0.3 is 5.97 Å². The van der Waals surface area contributed by atoms with Gasteiger partial charge < -0.3 is 4.74 Å². The Balaban J connectivity index is 2.22. The molecule has 0 atom stereocenters. The molecule has 98 valence electrons. The Morgan fingerprint density at radius 1 is 1.37 bits per heavy atom. The number of fused-ring (bicyclic) bond motifs is 1. The fourth-order valence-electron chi connectivity index (χ4n) is 1.43. The average Bonchev–Trinajstić information content (AvgIpc) is 2.45. The number of hydrogen-bond acceptors (Lipinski definition) is 7. The average molecular weight is 259 g/mol. The van der Waals surface area contributed by atoms with E-state index < -0.39 is 5.97 Å². The maximum atomic E-state index is 11.4. The second-order valence-electron chi connectivity index (χ2n) is 3.68. The fourth-order valence-corrected chi connectivity index (χ4v) is 1.43. The molecule has 2 rings (SSSR count). The molecule has 1 N–H and O–H groups in total. The number of nitrogens with zero attached hydrogens (tertiary/aromatic N) is 4. The molecule has 0 bridgehead atoms. The predicted molar refractivity (Wildman–Crippen MR) is 70.7 cm³/mol. The second kappa shape index (κ2) is 5.85. The molecule has 0 saturated heterocycles. The van der Waals surface area contributed by atoms with Gasteiger partial charge in [-0.3, -0.25) is 5.43 Å². The van der Waals surface area contributed by atoms with E-state index in [1.165, 1.54) is 0 Å². The molecular formula is C12H13N5O2. The zero-order valence-electron chi connectivity index (χ0n) is 10.6. The third-order valence-corrected chi connectivity index (χ3v) is 2.36. The molecule has 1 aromatic carbocycles. The first-order valence-electron chi connectivity index (χ1n) is 5.78. The number of carbonyl (C=O) groups excluding carboxylic acids is 1. The van der Waals surface area contributed by atoms with Crippen LogP contribution in [0.1, 0.15) is 13.8 Å². The topological polar surface area (TPSA) is 89.4 Å². The number of esters is 1. The van der Waals surface area contributed by atoms with Crippen LogP contribution in [0.5, 0.6) is 0 Å². The molecule has 2 aromatic rings. The monoisotopic (exact) mass is 259 g/mol. The van der Waals surface area contributed by atoms with Crippen LogP contribution in [0.4, 0.5) is 5.82 Å². The van der Waals surface area contributed by atoms with Crippen LogP contribution in [0.3, 0.4) is 0 Å². The van der Waals surface area contributed by atoms with Crippen molar-refractivity contribution in [2.75, 3.05) is 12.0 Å². The molecule has 0 unspecified atom stereocenters. The highest BCUT2D eigenvalue weighted by Gasteiger charge is 2.07. The Morgan fingerprint density at radius 3 is 2.95 bits per heavy atom. The Kier molecular flexibility index (Phi) is 3.97. The highest BCUT2D eigenvalue weighted by Crippen LogP contribution is 2.17. The van der Waals surface area contributed by atoms with Crippen molar-refractivity contribution >= 4 is 28.4 Å². The lowest BCUT2D eigenvalue weighted by Crippen LogP contribution is -2.15. The summed E-state index contributed by atoms with van der Waals surface area (Å²) in [6.07, 6.45) is 0. The number of rotatable bonds is 4. The smallest absolute Gasteiger partial charge is 0.354 e. The SMILES string of the molecule is CCOC(=O)/C(C)=N\Nc1nnnc2ccccc12. The number of anilines is 1. The summed E-state index contributed by atoms with van der Waals surface area (Å²) in [6.45, 7) is 3.60. The van der Waals surface area contributed by atoms with Crippen LogP contribution in [0.25, 0.3) is 10.9 Å². The van der Waals surface area contributed by atoms with Crippen molar-refractivity contribution in [2.45, 2.75) is 13.8 Å². The fraction of sp³-hybridized carbons (Fsp3) is 0.250. The van der Waals surface area contributed by atoms with E-state index >= 15 is 0 Å². The highest BCUT2D eigenvalue weighted by atomic mass is 16.5. The van der Waals surface area contributed by atoms with Crippen LogP contribution >= 0.6 is 0 Å². The maximum absolute atomic E-state index is 11.4. The molecule has 0 fully saturated rings. The van der Waals surface area contributed by atoms with E-state index in [9.17, 15) is 4.79 Å². The summed E-state index contributed by atoms with van der Waals surface area (Å²) >= 11 is 0. The van der Waals surface area contributed by atoms with E-state index in [1.54, 1.807) is 13.8 Å². The Hall–Kier alpha value is -2.57. The largest absolute Gasteiger partial charge is 0.461 e. The summed E-state index contributed by atoms with van der Waals surface area (Å²) in [5.41, 5.74) is 3.61. The van der Waals surface area contributed by atoms with Gasteiger partial charge in [-0.2, -0.15) is 5.10 Å². The molecule has 0 spiro atoms. The van der Waals surface area contributed by atoms with Crippen LogP contribution in [-0.4, -0.2) is 33.7 Å². The normalized spacial score (nSPS) is 11.4. The molecule has 0 aliphatic carbocycles. The number of ether oxygens (including phenoxy) is 1. The summed E-state index contributed by atoms with van der Waals surface area (Å²) in [6, 6.07) is 7.37. The molecular weight excluding hydrogens is 246 g/mol. The van der Waals surface area contributed by atoms with Crippen molar-refractivity contribution in [3.05, 3.63) is 24.3 Å². The van der Waals surface area contributed by atoms with Crippen LogP contribution in [0, 0.1) is 0 Å². The van der Waals surface area contributed by atoms with Gasteiger partial charge in [0.2, 0.25) is 0 Å². The third kappa shape index (κ3) is 3.01. The Morgan fingerprint density at radius 2 is 2.16 bits per heavy atom. The van der Waals surface area contributed by atoms with Gasteiger partial charge in [0.1, 0.15) is 5.71 Å². The Labute approximate surface area is 109 Å². The minimum absolute atomic E-state index is 0.213. The van der Waals surface area contributed by atoms with Crippen molar-refractivity contribution in [2.24, 2.45) is 5.10 Å². The van der Waals surface area contributed by atoms with E-state index in [4.69, 9.17) is 4.74 Å². The molecule has 7 nitrogen and oxygen atoms in total. The summed E-state index contributed by atoms with van der Waals surface area (Å²) in [5.74, 6) is -0.0319. The van der Waals surface area contributed by atoms with Gasteiger partial charge in [0.15, 0.2) is 5.82 Å². The van der Waals surface area contributed by atoms with Gasteiger partial charge in [-0.1, -0.05) is 12.1 Å². The van der Waals surface area contributed by atoms with E-state index in [-0.39, 0.29) is 5.71 Å². The van der Waals surface area contributed by atoms with E-state index in [1.807, 2.05) is 24.3 Å². The maximum Gasteiger partial charge on any atom is 0.354 e. The molecule has 0 amide bonds. The minimum atomic E-state index is -0.471. The quantitative estimate of drug-likeness (QED) is 0.507.